The van der Waals surface area contributed by atoms with Gasteiger partial charge in [0.25, 0.3) is 0 Å². The van der Waals surface area contributed by atoms with E-state index in [9.17, 15) is 13.2 Å². The molecule has 2 nitrogen and oxygen atoms in total. The zero-order valence-electron chi connectivity index (χ0n) is 10.7. The lowest BCUT2D eigenvalue weighted by Crippen LogP contribution is -2.19. The standard InChI is InChI=1S/C13H17BrF3NO/c1-18(7-3-2-4-8-19)12-6-5-10(9-11(12)14)13(15,16)17/h5-6,9,19H,2-4,7-8H2,1H3. The molecule has 0 unspecified atom stereocenters. The third-order valence-corrected chi connectivity index (χ3v) is 3.47. The van der Waals surface area contributed by atoms with Gasteiger partial charge >= 0.3 is 6.18 Å². The van der Waals surface area contributed by atoms with Gasteiger partial charge in [-0.05, 0) is 53.4 Å². The molecule has 108 valence electrons. The quantitative estimate of drug-likeness (QED) is 0.790. The van der Waals surface area contributed by atoms with Crippen LogP contribution in [0.4, 0.5) is 18.9 Å². The van der Waals surface area contributed by atoms with Crippen LogP contribution in [-0.4, -0.2) is 25.3 Å². The van der Waals surface area contributed by atoms with Crippen LogP contribution in [0.25, 0.3) is 0 Å². The van der Waals surface area contributed by atoms with E-state index in [4.69, 9.17) is 5.11 Å². The van der Waals surface area contributed by atoms with Crippen LogP contribution in [0.5, 0.6) is 0 Å². The van der Waals surface area contributed by atoms with E-state index in [0.717, 1.165) is 43.6 Å². The zero-order chi connectivity index (χ0) is 14.5. The minimum absolute atomic E-state index is 0.174. The molecule has 0 heterocycles. The number of aliphatic hydroxyl groups excluding tert-OH is 1. The third kappa shape index (κ3) is 5.03. The van der Waals surface area contributed by atoms with Gasteiger partial charge < -0.3 is 10.0 Å². The Morgan fingerprint density at radius 3 is 2.42 bits per heavy atom. The van der Waals surface area contributed by atoms with E-state index in [1.807, 2.05) is 11.9 Å². The molecule has 0 radical (unpaired) electrons. The van der Waals surface area contributed by atoms with E-state index in [1.165, 1.54) is 6.07 Å². The Labute approximate surface area is 119 Å². The molecule has 1 aromatic rings. The lowest BCUT2D eigenvalue weighted by molar-refractivity contribution is -0.137. The van der Waals surface area contributed by atoms with Crippen molar-refractivity contribution < 1.29 is 18.3 Å². The van der Waals surface area contributed by atoms with Crippen LogP contribution in [0, 0.1) is 0 Å². The largest absolute Gasteiger partial charge is 0.416 e. The molecule has 0 saturated heterocycles. The van der Waals surface area contributed by atoms with Crippen molar-refractivity contribution in [3.8, 4) is 0 Å². The Morgan fingerprint density at radius 2 is 1.89 bits per heavy atom. The average Bonchev–Trinajstić information content (AvgIpc) is 2.33. The average molecular weight is 340 g/mol. The Morgan fingerprint density at radius 1 is 1.21 bits per heavy atom. The predicted octanol–water partition coefficient (Wildman–Crippen LogP) is 4.07. The Hall–Kier alpha value is -0.750. The van der Waals surface area contributed by atoms with Crippen LogP contribution in [0.2, 0.25) is 0 Å². The summed E-state index contributed by atoms with van der Waals surface area (Å²) in [4.78, 5) is 1.90. The molecule has 0 saturated carbocycles. The fourth-order valence-electron chi connectivity index (χ4n) is 1.75. The van der Waals surface area contributed by atoms with Crippen LogP contribution in [-0.2, 0) is 6.18 Å². The van der Waals surface area contributed by atoms with Crippen molar-refractivity contribution in [1.82, 2.24) is 0 Å². The van der Waals surface area contributed by atoms with Gasteiger partial charge in [0, 0.05) is 24.7 Å². The summed E-state index contributed by atoms with van der Waals surface area (Å²) in [6.45, 7) is 0.914. The fourth-order valence-corrected chi connectivity index (χ4v) is 2.43. The van der Waals surface area contributed by atoms with Gasteiger partial charge in [-0.15, -0.1) is 0 Å². The molecule has 0 amide bonds. The number of aliphatic hydroxyl groups is 1. The second kappa shape index (κ2) is 7.14. The minimum atomic E-state index is -4.32. The van der Waals surface area contributed by atoms with E-state index in [2.05, 4.69) is 15.9 Å². The van der Waals surface area contributed by atoms with Crippen molar-refractivity contribution in [2.45, 2.75) is 25.4 Å². The number of hydrogen-bond acceptors (Lipinski definition) is 2. The molecule has 0 bridgehead atoms. The topological polar surface area (TPSA) is 23.5 Å². The molecule has 0 aromatic heterocycles. The number of alkyl halides is 3. The molecule has 0 atom stereocenters. The van der Waals surface area contributed by atoms with E-state index in [-0.39, 0.29) is 6.61 Å². The first kappa shape index (κ1) is 16.3. The summed E-state index contributed by atoms with van der Waals surface area (Å²) in [5.74, 6) is 0. The zero-order valence-corrected chi connectivity index (χ0v) is 12.3. The number of anilines is 1. The highest BCUT2D eigenvalue weighted by Gasteiger charge is 2.30. The molecule has 0 aliphatic heterocycles. The summed E-state index contributed by atoms with van der Waals surface area (Å²) in [7, 11) is 1.84. The van der Waals surface area contributed by atoms with Crippen molar-refractivity contribution >= 4 is 21.6 Å². The summed E-state index contributed by atoms with van der Waals surface area (Å²) in [6.07, 6.45) is -1.77. The molecule has 0 fully saturated rings. The first-order chi connectivity index (χ1) is 8.86. The molecular weight excluding hydrogens is 323 g/mol. The highest BCUT2D eigenvalue weighted by atomic mass is 79.9. The summed E-state index contributed by atoms with van der Waals surface area (Å²) in [5, 5.41) is 8.67. The van der Waals surface area contributed by atoms with Gasteiger partial charge in [0.05, 0.1) is 11.3 Å². The number of halogens is 4. The molecular formula is C13H17BrF3NO. The maximum absolute atomic E-state index is 12.5. The second-order valence-electron chi connectivity index (χ2n) is 4.37. The first-order valence-corrected chi connectivity index (χ1v) is 6.84. The molecule has 0 aliphatic carbocycles. The van der Waals surface area contributed by atoms with Crippen LogP contribution >= 0.6 is 15.9 Å². The lowest BCUT2D eigenvalue weighted by atomic mass is 10.2. The Bertz CT molecular complexity index is 409. The lowest BCUT2D eigenvalue weighted by Gasteiger charge is -2.21. The van der Waals surface area contributed by atoms with E-state index >= 15 is 0 Å². The van der Waals surface area contributed by atoms with E-state index in [0.29, 0.717) is 4.47 Å². The number of hydrogen-bond donors (Lipinski definition) is 1. The summed E-state index contributed by atoms with van der Waals surface area (Å²) in [5.41, 5.74) is 0.0776. The Balaban J connectivity index is 2.68. The van der Waals surface area contributed by atoms with E-state index in [1.54, 1.807) is 0 Å². The number of rotatable bonds is 6. The molecule has 6 heteroatoms. The van der Waals surface area contributed by atoms with Gasteiger partial charge in [-0.1, -0.05) is 0 Å². The number of benzene rings is 1. The van der Waals surface area contributed by atoms with E-state index < -0.39 is 11.7 Å². The van der Waals surface area contributed by atoms with Gasteiger partial charge in [0.1, 0.15) is 0 Å². The van der Waals surface area contributed by atoms with Gasteiger partial charge in [-0.3, -0.25) is 0 Å². The maximum atomic E-state index is 12.5. The molecule has 0 aliphatic rings. The van der Waals surface area contributed by atoms with Crippen molar-refractivity contribution in [2.75, 3.05) is 25.1 Å². The SMILES string of the molecule is CN(CCCCCO)c1ccc(C(F)(F)F)cc1Br. The van der Waals surface area contributed by atoms with Crippen molar-refractivity contribution in [1.29, 1.82) is 0 Å². The molecule has 1 N–H and O–H groups in total. The highest BCUT2D eigenvalue weighted by molar-refractivity contribution is 9.10. The van der Waals surface area contributed by atoms with Crippen LogP contribution in [0.15, 0.2) is 22.7 Å². The normalized spacial score (nSPS) is 11.7. The van der Waals surface area contributed by atoms with Crippen molar-refractivity contribution in [3.05, 3.63) is 28.2 Å². The van der Waals surface area contributed by atoms with Gasteiger partial charge in [-0.25, -0.2) is 0 Å². The third-order valence-electron chi connectivity index (χ3n) is 2.84. The monoisotopic (exact) mass is 339 g/mol. The predicted molar refractivity (Wildman–Crippen MR) is 73.4 cm³/mol. The molecule has 0 spiro atoms. The smallest absolute Gasteiger partial charge is 0.396 e. The van der Waals surface area contributed by atoms with Crippen molar-refractivity contribution in [3.63, 3.8) is 0 Å². The molecule has 19 heavy (non-hydrogen) atoms. The molecule has 1 aromatic carbocycles. The maximum Gasteiger partial charge on any atom is 0.416 e. The van der Waals surface area contributed by atoms with Gasteiger partial charge in [0.15, 0.2) is 0 Å². The number of nitrogens with zero attached hydrogens (tertiary/aromatic N) is 1. The van der Waals surface area contributed by atoms with Gasteiger partial charge in [0.2, 0.25) is 0 Å². The van der Waals surface area contributed by atoms with Crippen LogP contribution in [0.3, 0.4) is 0 Å². The summed E-state index contributed by atoms with van der Waals surface area (Å²) < 4.78 is 38.0. The summed E-state index contributed by atoms with van der Waals surface area (Å²) in [6, 6.07) is 3.66. The van der Waals surface area contributed by atoms with Crippen molar-refractivity contribution in [2.24, 2.45) is 0 Å². The second-order valence-corrected chi connectivity index (χ2v) is 5.22. The Kier molecular flexibility index (Phi) is 6.13. The summed E-state index contributed by atoms with van der Waals surface area (Å²) >= 11 is 3.18. The van der Waals surface area contributed by atoms with Crippen LogP contribution in [0.1, 0.15) is 24.8 Å². The number of unbranched alkanes of at least 4 members (excludes halogenated alkanes) is 2. The fraction of sp³-hybridized carbons (Fsp3) is 0.538. The minimum Gasteiger partial charge on any atom is -0.396 e. The highest BCUT2D eigenvalue weighted by Crippen LogP contribution is 2.35. The van der Waals surface area contributed by atoms with Gasteiger partial charge in [-0.2, -0.15) is 13.2 Å². The molecule has 1 rings (SSSR count). The van der Waals surface area contributed by atoms with Crippen LogP contribution < -0.4 is 4.90 Å². The first-order valence-electron chi connectivity index (χ1n) is 6.05.